The van der Waals surface area contributed by atoms with E-state index in [4.69, 9.17) is 21.1 Å². The van der Waals surface area contributed by atoms with E-state index in [0.717, 1.165) is 49.4 Å². The quantitative estimate of drug-likeness (QED) is 0.311. The molecule has 1 spiro atoms. The molecule has 2 heterocycles. The summed E-state index contributed by atoms with van der Waals surface area (Å²) in [6.07, 6.45) is 7.22. The number of carbonyl (C=O) groups is 2. The van der Waals surface area contributed by atoms with E-state index < -0.39 is 34.3 Å². The van der Waals surface area contributed by atoms with Gasteiger partial charge >= 0.3 is 6.03 Å². The van der Waals surface area contributed by atoms with Crippen molar-refractivity contribution in [1.82, 2.24) is 10.0 Å². The molecule has 2 saturated carbocycles. The predicted molar refractivity (Wildman–Crippen MR) is 194 cm³/mol. The number of rotatable bonds is 5. The maximum atomic E-state index is 14.4. The van der Waals surface area contributed by atoms with Gasteiger partial charge in [0.2, 0.25) is 6.43 Å². The molecule has 8 atom stereocenters. The van der Waals surface area contributed by atoms with Crippen LogP contribution in [0.4, 0.5) is 19.3 Å². The summed E-state index contributed by atoms with van der Waals surface area (Å²) in [7, 11) is -1.87. The number of urea groups is 1. The molecule has 0 aromatic heterocycles. The summed E-state index contributed by atoms with van der Waals surface area (Å²) in [5.74, 6) is 0.00980. The second kappa shape index (κ2) is 14.7. The van der Waals surface area contributed by atoms with Crippen molar-refractivity contribution in [3.05, 3.63) is 70.3 Å². The highest BCUT2D eigenvalue weighted by Crippen LogP contribution is 2.47. The fourth-order valence-electron chi connectivity index (χ4n) is 8.62. The van der Waals surface area contributed by atoms with Crippen molar-refractivity contribution in [3.8, 4) is 5.75 Å². The number of nitrogens with zero attached hydrogens (tertiary/aromatic N) is 2. The third kappa shape index (κ3) is 7.93. The van der Waals surface area contributed by atoms with E-state index in [1.54, 1.807) is 25.3 Å². The molecular weight excluding hydrogens is 698 g/mol. The second-order valence-electron chi connectivity index (χ2n) is 15.3. The van der Waals surface area contributed by atoms with E-state index in [1.807, 2.05) is 19.1 Å². The highest BCUT2D eigenvalue weighted by atomic mass is 35.5. The van der Waals surface area contributed by atoms with Crippen molar-refractivity contribution < 1.29 is 32.1 Å². The van der Waals surface area contributed by atoms with Gasteiger partial charge in [0.05, 0.1) is 24.2 Å². The first-order valence-electron chi connectivity index (χ1n) is 18.1. The molecule has 2 aliphatic heterocycles. The third-order valence-electron chi connectivity index (χ3n) is 11.5. The third-order valence-corrected chi connectivity index (χ3v) is 13.7. The predicted octanol–water partition coefficient (Wildman–Crippen LogP) is 7.32. The summed E-state index contributed by atoms with van der Waals surface area (Å²) >= 11 is 6.44. The fourth-order valence-corrected chi connectivity index (χ4v) is 10.7. The largest absolute Gasteiger partial charge is 0.490 e. The lowest BCUT2D eigenvalue weighted by Crippen LogP contribution is -2.49. The lowest BCUT2D eigenvalue weighted by Gasteiger charge is -2.46. The Morgan fingerprint density at radius 3 is 2.84 bits per heavy atom. The zero-order valence-electron chi connectivity index (χ0n) is 29.1. The maximum Gasteiger partial charge on any atom is 0.327 e. The molecule has 3 amide bonds. The van der Waals surface area contributed by atoms with Crippen molar-refractivity contribution >= 4 is 39.1 Å². The number of anilines is 1. The summed E-state index contributed by atoms with van der Waals surface area (Å²) in [5, 5.41) is 3.37. The Bertz CT molecular complexity index is 1820. The number of methoxy groups -OCH3 is 1. The molecule has 2 N–H and O–H groups in total. The van der Waals surface area contributed by atoms with E-state index in [9.17, 15) is 22.6 Å². The molecule has 0 unspecified atom stereocenters. The summed E-state index contributed by atoms with van der Waals surface area (Å²) in [6.45, 7) is 3.80. The number of nitrogens with one attached hydrogen (secondary N) is 2. The number of allylic oxidation sites excluding steroid dienone is 1. The lowest BCUT2D eigenvalue weighted by atomic mass is 9.68. The van der Waals surface area contributed by atoms with Crippen LogP contribution in [-0.4, -0.2) is 67.3 Å². The average molecular weight is 745 g/mol. The SMILES string of the molecule is CO[C@H]1/C=C/C[C@H](C)C[S@@](=O)(NC(=O)N[C@@H]2C[C@H]2CC(F)F)=NC(=O)c2ccc3c(c2)N(C[C@@H]2CC[C@H]21)C[C@@]1(CCCc2cc(Cl)ccc21)CO3. The van der Waals surface area contributed by atoms with Crippen LogP contribution in [0, 0.1) is 23.7 Å². The molecule has 0 saturated heterocycles. The van der Waals surface area contributed by atoms with Gasteiger partial charge in [0.1, 0.15) is 15.7 Å². The smallest absolute Gasteiger partial charge is 0.327 e. The van der Waals surface area contributed by atoms with Crippen LogP contribution in [0.2, 0.25) is 5.02 Å². The number of hydrogen-bond donors (Lipinski definition) is 2. The minimum absolute atomic E-state index is 0.0720. The minimum Gasteiger partial charge on any atom is -0.490 e. The molecule has 5 aliphatic rings. The molecular formula is C38H47ClF2N4O5S. The summed E-state index contributed by atoms with van der Waals surface area (Å²) in [4.78, 5) is 29.3. The van der Waals surface area contributed by atoms with Crippen molar-refractivity contribution in [3.63, 3.8) is 0 Å². The van der Waals surface area contributed by atoms with Crippen LogP contribution >= 0.6 is 11.6 Å². The van der Waals surface area contributed by atoms with Crippen molar-refractivity contribution in [2.75, 3.05) is 37.5 Å². The van der Waals surface area contributed by atoms with E-state index in [2.05, 4.69) is 37.5 Å². The van der Waals surface area contributed by atoms with E-state index in [1.165, 1.54) is 11.1 Å². The van der Waals surface area contributed by atoms with Gasteiger partial charge in [0.15, 0.2) is 0 Å². The van der Waals surface area contributed by atoms with Crippen LogP contribution < -0.4 is 19.7 Å². The Balaban J connectivity index is 1.24. The minimum atomic E-state index is -3.61. The van der Waals surface area contributed by atoms with Gasteiger partial charge in [0, 0.05) is 48.7 Å². The lowest BCUT2D eigenvalue weighted by molar-refractivity contribution is 0.0131. The monoisotopic (exact) mass is 744 g/mol. The number of amides is 3. The Morgan fingerprint density at radius 1 is 1.24 bits per heavy atom. The second-order valence-corrected chi connectivity index (χ2v) is 17.7. The van der Waals surface area contributed by atoms with Crippen LogP contribution in [0.15, 0.2) is 52.9 Å². The van der Waals surface area contributed by atoms with E-state index in [-0.39, 0.29) is 41.1 Å². The zero-order chi connectivity index (χ0) is 35.9. The van der Waals surface area contributed by atoms with E-state index >= 15 is 0 Å². The first-order valence-corrected chi connectivity index (χ1v) is 20.2. The summed E-state index contributed by atoms with van der Waals surface area (Å²) in [5.41, 5.74) is 3.22. The van der Waals surface area contributed by atoms with Crippen molar-refractivity contribution in [2.45, 2.75) is 82.3 Å². The standard InChI is InChI=1S/C38H47ClF2N4O5S/c1-23-5-3-7-33(49-2)29-11-8-26(29)19-45-21-38(14-4-6-24-15-28(39)10-12-30(24)38)22-50-34-13-9-25(17-32(34)45)36(46)43-51(48,20-23)44-37(47)42-31-16-27(31)18-35(40)41/h3,7,9-10,12-13,15,17,23,26-27,29,31,33,35H,4-6,8,11,14,16,18-22H2,1-2H3,(H2,42,43,44,46,47,48)/b7-3+/t23-,26-,27-,29+,31+,33-,38-,51-/m0/s1. The number of alkyl halides is 2. The number of hydrogen-bond acceptors (Lipinski definition) is 6. The number of benzene rings is 2. The van der Waals surface area contributed by atoms with Gasteiger partial charge in [-0.15, -0.1) is 4.36 Å². The molecule has 3 aliphatic carbocycles. The molecule has 2 fully saturated rings. The molecule has 2 aromatic carbocycles. The van der Waals surface area contributed by atoms with Gasteiger partial charge in [-0.2, -0.15) is 0 Å². The number of ether oxygens (including phenoxy) is 2. The number of aryl methyl sites for hydroxylation is 1. The Hall–Kier alpha value is -3.22. The highest BCUT2D eigenvalue weighted by Gasteiger charge is 2.45. The normalized spacial score (nSPS) is 33.8. The van der Waals surface area contributed by atoms with Crippen LogP contribution in [-0.2, 0) is 26.5 Å². The van der Waals surface area contributed by atoms with Crippen LogP contribution in [0.3, 0.4) is 0 Å². The molecule has 13 heteroatoms. The number of halogens is 3. The summed E-state index contributed by atoms with van der Waals surface area (Å²) < 4.78 is 59.4. The van der Waals surface area contributed by atoms with Crippen LogP contribution in [0.1, 0.15) is 73.4 Å². The fraction of sp³-hybridized carbons (Fsp3) is 0.579. The molecule has 51 heavy (non-hydrogen) atoms. The first kappa shape index (κ1) is 36.2. The zero-order valence-corrected chi connectivity index (χ0v) is 30.7. The molecule has 2 bridgehead atoms. The Labute approximate surface area is 304 Å². The van der Waals surface area contributed by atoms with E-state index in [0.29, 0.717) is 43.6 Å². The molecule has 0 radical (unpaired) electrons. The van der Waals surface area contributed by atoms with Crippen molar-refractivity contribution in [1.29, 1.82) is 0 Å². The Kier molecular flexibility index (Phi) is 10.4. The molecule has 2 aromatic rings. The molecule has 276 valence electrons. The number of fused-ring (bicyclic) bond motifs is 4. The average Bonchev–Trinajstić information content (AvgIpc) is 3.81. The van der Waals surface area contributed by atoms with Gasteiger partial charge in [-0.25, -0.2) is 17.8 Å². The topological polar surface area (TPSA) is 109 Å². The van der Waals surface area contributed by atoms with Crippen LogP contribution in [0.5, 0.6) is 5.75 Å². The maximum absolute atomic E-state index is 14.4. The number of carbonyl (C=O) groups excluding carboxylic acids is 2. The van der Waals surface area contributed by atoms with Gasteiger partial charge in [-0.3, -0.25) is 9.52 Å². The van der Waals surface area contributed by atoms with Gasteiger partial charge in [-0.1, -0.05) is 36.7 Å². The van der Waals surface area contributed by atoms with Gasteiger partial charge < -0.3 is 19.7 Å². The van der Waals surface area contributed by atoms with Crippen molar-refractivity contribution in [2.24, 2.45) is 28.0 Å². The van der Waals surface area contributed by atoms with Gasteiger partial charge in [-0.05, 0) is 110 Å². The molecule has 9 nitrogen and oxygen atoms in total. The van der Waals surface area contributed by atoms with Gasteiger partial charge in [0.25, 0.3) is 5.91 Å². The summed E-state index contributed by atoms with van der Waals surface area (Å²) in [6, 6.07) is 10.1. The van der Waals surface area contributed by atoms with Crippen LogP contribution in [0.25, 0.3) is 0 Å². The first-order chi connectivity index (χ1) is 24.4. The highest BCUT2D eigenvalue weighted by molar-refractivity contribution is 7.92. The molecule has 7 rings (SSSR count). The Morgan fingerprint density at radius 2 is 2.08 bits per heavy atom.